The Morgan fingerprint density at radius 2 is 1.65 bits per heavy atom. The van der Waals surface area contributed by atoms with E-state index in [9.17, 15) is 0 Å². The maximum atomic E-state index is 6.18. The van der Waals surface area contributed by atoms with E-state index in [4.69, 9.17) is 19.9 Å². The average molecular weight is 352 g/mol. The van der Waals surface area contributed by atoms with Crippen molar-refractivity contribution in [1.29, 1.82) is 0 Å². The third-order valence-corrected chi connectivity index (χ3v) is 3.74. The number of methoxy groups -OCH3 is 2. The lowest BCUT2D eigenvalue weighted by Crippen LogP contribution is -2.04. The Labute approximate surface area is 151 Å². The lowest BCUT2D eigenvalue weighted by Gasteiger charge is -2.14. The molecular formula is C19H20N4O3. The van der Waals surface area contributed by atoms with Crippen molar-refractivity contribution in [2.75, 3.05) is 25.3 Å². The summed E-state index contributed by atoms with van der Waals surface area (Å²) in [5.41, 5.74) is 8.31. The molecule has 7 heteroatoms. The zero-order valence-electron chi connectivity index (χ0n) is 14.8. The Kier molecular flexibility index (Phi) is 5.07. The molecule has 1 heterocycles. The van der Waals surface area contributed by atoms with E-state index in [0.29, 0.717) is 34.4 Å². The molecule has 0 saturated carbocycles. The number of nitrogens with one attached hydrogen (secondary N) is 1. The quantitative estimate of drug-likeness (QED) is 0.694. The lowest BCUT2D eigenvalue weighted by molar-refractivity contribution is 0.395. The molecule has 0 amide bonds. The summed E-state index contributed by atoms with van der Waals surface area (Å²) < 4.78 is 16.3. The Morgan fingerprint density at radius 3 is 2.35 bits per heavy atom. The summed E-state index contributed by atoms with van der Waals surface area (Å²) in [7, 11) is 3.17. The Morgan fingerprint density at radius 1 is 0.923 bits per heavy atom. The van der Waals surface area contributed by atoms with Crippen LogP contribution in [0.1, 0.15) is 5.56 Å². The van der Waals surface area contributed by atoms with Gasteiger partial charge < -0.3 is 25.3 Å². The first kappa shape index (κ1) is 17.3. The number of aryl methyl sites for hydroxylation is 1. The van der Waals surface area contributed by atoms with E-state index >= 15 is 0 Å². The largest absolute Gasteiger partial charge is 0.497 e. The fourth-order valence-corrected chi connectivity index (χ4v) is 2.31. The molecule has 0 aliphatic heterocycles. The minimum atomic E-state index is 0.277. The predicted molar refractivity (Wildman–Crippen MR) is 101 cm³/mol. The van der Waals surface area contributed by atoms with Gasteiger partial charge in [-0.05, 0) is 31.2 Å². The van der Waals surface area contributed by atoms with Crippen LogP contribution in [0.25, 0.3) is 0 Å². The summed E-state index contributed by atoms with van der Waals surface area (Å²) in [5, 5.41) is 3.14. The van der Waals surface area contributed by atoms with Crippen LogP contribution in [0.5, 0.6) is 23.1 Å². The fraction of sp³-hybridized carbons (Fsp3) is 0.158. The molecule has 7 nitrogen and oxygen atoms in total. The van der Waals surface area contributed by atoms with Crippen LogP contribution in [0.2, 0.25) is 0 Å². The standard InChI is InChI=1S/C19H20N4O3/c1-12-4-6-13(7-5-12)26-19-17(20)18(21-11-22-19)23-15-9-8-14(24-2)10-16(15)25-3/h4-11H,20H2,1-3H3,(H,21,22,23). The molecule has 0 fully saturated rings. The van der Waals surface area contributed by atoms with Crippen molar-refractivity contribution in [3.63, 3.8) is 0 Å². The van der Waals surface area contributed by atoms with E-state index in [2.05, 4.69) is 15.3 Å². The number of hydrogen-bond donors (Lipinski definition) is 2. The van der Waals surface area contributed by atoms with Gasteiger partial charge in [0.1, 0.15) is 29.3 Å². The first-order chi connectivity index (χ1) is 12.6. The number of benzene rings is 2. The second-order valence-corrected chi connectivity index (χ2v) is 5.55. The topological polar surface area (TPSA) is 91.5 Å². The van der Waals surface area contributed by atoms with Crippen molar-refractivity contribution in [1.82, 2.24) is 9.97 Å². The van der Waals surface area contributed by atoms with Crippen LogP contribution >= 0.6 is 0 Å². The molecule has 3 aromatic rings. The number of nitrogens with two attached hydrogens (primary N) is 1. The van der Waals surface area contributed by atoms with Gasteiger partial charge in [-0.2, -0.15) is 4.98 Å². The van der Waals surface area contributed by atoms with Gasteiger partial charge >= 0.3 is 0 Å². The molecule has 0 aliphatic carbocycles. The summed E-state index contributed by atoms with van der Waals surface area (Å²) in [5.74, 6) is 2.63. The summed E-state index contributed by atoms with van der Waals surface area (Å²) in [6.07, 6.45) is 1.39. The van der Waals surface area contributed by atoms with Gasteiger partial charge in [-0.15, -0.1) is 0 Å². The van der Waals surface area contributed by atoms with Crippen molar-refractivity contribution in [3.8, 4) is 23.1 Å². The summed E-state index contributed by atoms with van der Waals surface area (Å²) in [6.45, 7) is 2.01. The van der Waals surface area contributed by atoms with Crippen LogP contribution in [-0.4, -0.2) is 24.2 Å². The molecule has 3 N–H and O–H groups in total. The van der Waals surface area contributed by atoms with Crippen LogP contribution in [0.15, 0.2) is 48.8 Å². The molecule has 0 unspecified atom stereocenters. The first-order valence-corrected chi connectivity index (χ1v) is 7.94. The molecular weight excluding hydrogens is 332 g/mol. The van der Waals surface area contributed by atoms with E-state index in [0.717, 1.165) is 5.56 Å². The SMILES string of the molecule is COc1ccc(Nc2ncnc(Oc3ccc(C)cc3)c2N)c(OC)c1. The van der Waals surface area contributed by atoms with Gasteiger partial charge in [0.25, 0.3) is 0 Å². The van der Waals surface area contributed by atoms with Crippen LogP contribution in [0.4, 0.5) is 17.2 Å². The van der Waals surface area contributed by atoms with Gasteiger partial charge in [0.2, 0.25) is 5.88 Å². The number of rotatable bonds is 6. The van der Waals surface area contributed by atoms with Gasteiger partial charge in [0.05, 0.1) is 19.9 Å². The van der Waals surface area contributed by atoms with Gasteiger partial charge in [-0.1, -0.05) is 17.7 Å². The first-order valence-electron chi connectivity index (χ1n) is 7.94. The number of ether oxygens (including phenoxy) is 3. The molecule has 3 rings (SSSR count). The van der Waals surface area contributed by atoms with Gasteiger partial charge in [-0.25, -0.2) is 4.98 Å². The highest BCUT2D eigenvalue weighted by Crippen LogP contribution is 2.35. The Hall–Kier alpha value is -3.48. The number of hydrogen-bond acceptors (Lipinski definition) is 7. The van der Waals surface area contributed by atoms with E-state index < -0.39 is 0 Å². The third-order valence-electron chi connectivity index (χ3n) is 3.74. The number of nitrogen functional groups attached to an aromatic ring is 1. The van der Waals surface area contributed by atoms with E-state index in [1.807, 2.05) is 43.3 Å². The van der Waals surface area contributed by atoms with Crippen molar-refractivity contribution in [2.45, 2.75) is 6.92 Å². The molecule has 0 radical (unpaired) electrons. The van der Waals surface area contributed by atoms with Crippen molar-refractivity contribution in [2.24, 2.45) is 0 Å². The minimum Gasteiger partial charge on any atom is -0.497 e. The molecule has 0 spiro atoms. The smallest absolute Gasteiger partial charge is 0.248 e. The highest BCUT2D eigenvalue weighted by molar-refractivity contribution is 5.75. The third kappa shape index (κ3) is 3.77. The molecule has 0 saturated heterocycles. The van der Waals surface area contributed by atoms with Gasteiger partial charge in [-0.3, -0.25) is 0 Å². The molecule has 134 valence electrons. The molecule has 2 aromatic carbocycles. The van der Waals surface area contributed by atoms with E-state index in [1.54, 1.807) is 20.3 Å². The van der Waals surface area contributed by atoms with E-state index in [1.165, 1.54) is 6.33 Å². The highest BCUT2D eigenvalue weighted by atomic mass is 16.5. The minimum absolute atomic E-state index is 0.277. The molecule has 26 heavy (non-hydrogen) atoms. The summed E-state index contributed by atoms with van der Waals surface area (Å²) in [6, 6.07) is 13.0. The van der Waals surface area contributed by atoms with Crippen molar-refractivity contribution < 1.29 is 14.2 Å². The number of nitrogens with zero attached hydrogens (tertiary/aromatic N) is 2. The highest BCUT2D eigenvalue weighted by Gasteiger charge is 2.13. The molecule has 0 atom stereocenters. The number of anilines is 3. The molecule has 0 bridgehead atoms. The van der Waals surface area contributed by atoms with Crippen LogP contribution in [0.3, 0.4) is 0 Å². The Balaban J connectivity index is 1.86. The fourth-order valence-electron chi connectivity index (χ4n) is 2.31. The van der Waals surface area contributed by atoms with Gasteiger partial charge in [0.15, 0.2) is 5.82 Å². The second kappa shape index (κ2) is 7.60. The number of aromatic nitrogens is 2. The summed E-state index contributed by atoms with van der Waals surface area (Å²) in [4.78, 5) is 8.31. The maximum absolute atomic E-state index is 6.18. The zero-order chi connectivity index (χ0) is 18.5. The average Bonchev–Trinajstić information content (AvgIpc) is 2.67. The van der Waals surface area contributed by atoms with Crippen LogP contribution in [-0.2, 0) is 0 Å². The second-order valence-electron chi connectivity index (χ2n) is 5.55. The van der Waals surface area contributed by atoms with E-state index in [-0.39, 0.29) is 5.88 Å². The maximum Gasteiger partial charge on any atom is 0.248 e. The van der Waals surface area contributed by atoms with Crippen molar-refractivity contribution in [3.05, 3.63) is 54.4 Å². The molecule has 0 aliphatic rings. The predicted octanol–water partition coefficient (Wildman–Crippen LogP) is 3.92. The van der Waals surface area contributed by atoms with Gasteiger partial charge in [0, 0.05) is 6.07 Å². The normalized spacial score (nSPS) is 10.3. The van der Waals surface area contributed by atoms with Crippen LogP contribution in [0, 0.1) is 6.92 Å². The zero-order valence-corrected chi connectivity index (χ0v) is 14.8. The van der Waals surface area contributed by atoms with Crippen molar-refractivity contribution >= 4 is 17.2 Å². The molecule has 1 aromatic heterocycles. The summed E-state index contributed by atoms with van der Waals surface area (Å²) >= 11 is 0. The Bertz CT molecular complexity index is 898. The lowest BCUT2D eigenvalue weighted by atomic mass is 10.2. The van der Waals surface area contributed by atoms with Crippen LogP contribution < -0.4 is 25.3 Å². The monoisotopic (exact) mass is 352 g/mol.